The third-order valence-corrected chi connectivity index (χ3v) is 3.06. The summed E-state index contributed by atoms with van der Waals surface area (Å²) in [4.78, 5) is 10.9. The van der Waals surface area contributed by atoms with E-state index in [-0.39, 0.29) is 0 Å². The van der Waals surface area contributed by atoms with E-state index in [1.165, 1.54) is 16.7 Å². The highest BCUT2D eigenvalue weighted by atomic mass is 16.5. The molecule has 0 saturated carbocycles. The SMILES string of the molecule is Cc1cccc(C)c1COc1ccccc1C=O. The van der Waals surface area contributed by atoms with E-state index in [0.29, 0.717) is 17.9 Å². The molecule has 2 aromatic carbocycles. The van der Waals surface area contributed by atoms with Crippen LogP contribution in [-0.2, 0) is 6.61 Å². The number of hydrogen-bond donors (Lipinski definition) is 0. The summed E-state index contributed by atoms with van der Waals surface area (Å²) in [7, 11) is 0. The first-order valence-electron chi connectivity index (χ1n) is 5.94. The number of para-hydroxylation sites is 1. The average molecular weight is 240 g/mol. The normalized spacial score (nSPS) is 10.1. The number of aldehydes is 1. The molecule has 0 atom stereocenters. The first-order valence-corrected chi connectivity index (χ1v) is 5.94. The van der Waals surface area contributed by atoms with Crippen molar-refractivity contribution in [3.63, 3.8) is 0 Å². The van der Waals surface area contributed by atoms with Gasteiger partial charge in [0.05, 0.1) is 5.56 Å². The smallest absolute Gasteiger partial charge is 0.153 e. The molecule has 0 amide bonds. The molecule has 18 heavy (non-hydrogen) atoms. The van der Waals surface area contributed by atoms with Crippen LogP contribution in [0.3, 0.4) is 0 Å². The van der Waals surface area contributed by atoms with Crippen molar-refractivity contribution < 1.29 is 9.53 Å². The first kappa shape index (κ1) is 12.4. The fourth-order valence-electron chi connectivity index (χ4n) is 1.94. The summed E-state index contributed by atoms with van der Waals surface area (Å²) >= 11 is 0. The molecular weight excluding hydrogens is 224 g/mol. The van der Waals surface area contributed by atoms with Crippen LogP contribution in [0.1, 0.15) is 27.0 Å². The molecule has 0 aliphatic carbocycles. The van der Waals surface area contributed by atoms with Crippen LogP contribution in [-0.4, -0.2) is 6.29 Å². The van der Waals surface area contributed by atoms with Gasteiger partial charge in [-0.25, -0.2) is 0 Å². The molecule has 2 rings (SSSR count). The van der Waals surface area contributed by atoms with E-state index in [4.69, 9.17) is 4.74 Å². The summed E-state index contributed by atoms with van der Waals surface area (Å²) in [6.45, 7) is 4.62. The lowest BCUT2D eigenvalue weighted by Crippen LogP contribution is -2.02. The molecule has 2 aromatic rings. The maximum Gasteiger partial charge on any atom is 0.153 e. The molecule has 2 nitrogen and oxygen atoms in total. The molecule has 0 N–H and O–H groups in total. The van der Waals surface area contributed by atoms with Crippen LogP contribution in [0.4, 0.5) is 0 Å². The number of rotatable bonds is 4. The predicted molar refractivity (Wildman–Crippen MR) is 72.1 cm³/mol. The van der Waals surface area contributed by atoms with E-state index >= 15 is 0 Å². The van der Waals surface area contributed by atoms with Crippen LogP contribution in [0.15, 0.2) is 42.5 Å². The zero-order chi connectivity index (χ0) is 13.0. The Bertz CT molecular complexity index is 539. The Morgan fingerprint density at radius 3 is 2.33 bits per heavy atom. The van der Waals surface area contributed by atoms with Crippen LogP contribution < -0.4 is 4.74 Å². The summed E-state index contributed by atoms with van der Waals surface area (Å²) in [5.74, 6) is 0.634. The Morgan fingerprint density at radius 1 is 1.00 bits per heavy atom. The highest BCUT2D eigenvalue weighted by molar-refractivity contribution is 5.79. The zero-order valence-electron chi connectivity index (χ0n) is 10.6. The van der Waals surface area contributed by atoms with Crippen molar-refractivity contribution in [1.29, 1.82) is 0 Å². The van der Waals surface area contributed by atoms with Gasteiger partial charge in [-0.2, -0.15) is 0 Å². The van der Waals surface area contributed by atoms with Crippen LogP contribution in [0, 0.1) is 13.8 Å². The van der Waals surface area contributed by atoms with Crippen LogP contribution in [0.2, 0.25) is 0 Å². The van der Waals surface area contributed by atoms with Crippen molar-refractivity contribution in [3.8, 4) is 5.75 Å². The summed E-state index contributed by atoms with van der Waals surface area (Å²) < 4.78 is 5.74. The Morgan fingerprint density at radius 2 is 1.67 bits per heavy atom. The molecular formula is C16H16O2. The summed E-state index contributed by atoms with van der Waals surface area (Å²) in [5.41, 5.74) is 4.18. The molecule has 0 unspecified atom stereocenters. The lowest BCUT2D eigenvalue weighted by Gasteiger charge is -2.12. The minimum atomic E-state index is 0.489. The van der Waals surface area contributed by atoms with Gasteiger partial charge in [-0.15, -0.1) is 0 Å². The van der Waals surface area contributed by atoms with Crippen LogP contribution >= 0.6 is 0 Å². The van der Waals surface area contributed by atoms with Crippen molar-refractivity contribution in [2.24, 2.45) is 0 Å². The van der Waals surface area contributed by atoms with E-state index < -0.39 is 0 Å². The standard InChI is InChI=1S/C16H16O2/c1-12-6-5-7-13(2)15(12)11-18-16-9-4-3-8-14(16)10-17/h3-10H,11H2,1-2H3. The minimum Gasteiger partial charge on any atom is -0.488 e. The fourth-order valence-corrected chi connectivity index (χ4v) is 1.94. The second-order valence-electron chi connectivity index (χ2n) is 4.31. The van der Waals surface area contributed by atoms with E-state index in [1.807, 2.05) is 24.3 Å². The quantitative estimate of drug-likeness (QED) is 0.762. The summed E-state index contributed by atoms with van der Waals surface area (Å²) in [5, 5.41) is 0. The van der Waals surface area contributed by atoms with Crippen molar-refractivity contribution >= 4 is 6.29 Å². The van der Waals surface area contributed by atoms with Gasteiger partial charge in [-0.1, -0.05) is 30.3 Å². The molecule has 0 aliphatic rings. The highest BCUT2D eigenvalue weighted by Gasteiger charge is 2.05. The Hall–Kier alpha value is -2.09. The van der Waals surface area contributed by atoms with Crippen molar-refractivity contribution in [2.75, 3.05) is 0 Å². The number of aryl methyl sites for hydroxylation is 2. The number of carbonyl (C=O) groups is 1. The van der Waals surface area contributed by atoms with Gasteiger partial charge < -0.3 is 4.74 Å². The first-order chi connectivity index (χ1) is 8.72. The molecule has 0 aliphatic heterocycles. The largest absolute Gasteiger partial charge is 0.488 e. The van der Waals surface area contributed by atoms with Gasteiger partial charge in [-0.3, -0.25) is 4.79 Å². The highest BCUT2D eigenvalue weighted by Crippen LogP contribution is 2.20. The monoisotopic (exact) mass is 240 g/mol. The number of benzene rings is 2. The maximum absolute atomic E-state index is 10.9. The molecule has 0 bridgehead atoms. The number of ether oxygens (including phenoxy) is 1. The van der Waals surface area contributed by atoms with E-state index in [2.05, 4.69) is 26.0 Å². The number of carbonyl (C=O) groups excluding carboxylic acids is 1. The topological polar surface area (TPSA) is 26.3 Å². The molecule has 0 fully saturated rings. The van der Waals surface area contributed by atoms with Crippen molar-refractivity contribution in [3.05, 3.63) is 64.7 Å². The van der Waals surface area contributed by atoms with Crippen molar-refractivity contribution in [1.82, 2.24) is 0 Å². The van der Waals surface area contributed by atoms with E-state index in [1.54, 1.807) is 6.07 Å². The van der Waals surface area contributed by atoms with Crippen molar-refractivity contribution in [2.45, 2.75) is 20.5 Å². The van der Waals surface area contributed by atoms with Gasteiger partial charge in [0.15, 0.2) is 6.29 Å². The summed E-state index contributed by atoms with van der Waals surface area (Å²) in [6, 6.07) is 13.4. The predicted octanol–water partition coefficient (Wildman–Crippen LogP) is 3.69. The molecule has 0 heterocycles. The zero-order valence-corrected chi connectivity index (χ0v) is 10.6. The minimum absolute atomic E-state index is 0.489. The summed E-state index contributed by atoms with van der Waals surface area (Å²) in [6.07, 6.45) is 0.819. The lowest BCUT2D eigenvalue weighted by molar-refractivity contribution is 0.111. The van der Waals surface area contributed by atoms with Gasteiger partial charge in [0, 0.05) is 0 Å². The molecule has 92 valence electrons. The Labute approximate surface area is 107 Å². The fraction of sp³-hybridized carbons (Fsp3) is 0.188. The van der Waals surface area contributed by atoms with Gasteiger partial charge in [-0.05, 0) is 42.7 Å². The van der Waals surface area contributed by atoms with Crippen LogP contribution in [0.25, 0.3) is 0 Å². The average Bonchev–Trinajstić information content (AvgIpc) is 2.38. The van der Waals surface area contributed by atoms with Gasteiger partial charge >= 0.3 is 0 Å². The Balaban J connectivity index is 2.19. The second kappa shape index (κ2) is 5.50. The van der Waals surface area contributed by atoms with Gasteiger partial charge in [0.1, 0.15) is 12.4 Å². The molecule has 0 aromatic heterocycles. The molecule has 0 radical (unpaired) electrons. The van der Waals surface area contributed by atoms with Gasteiger partial charge in [0.25, 0.3) is 0 Å². The van der Waals surface area contributed by atoms with E-state index in [0.717, 1.165) is 6.29 Å². The Kier molecular flexibility index (Phi) is 3.78. The molecule has 0 saturated heterocycles. The van der Waals surface area contributed by atoms with Gasteiger partial charge in [0.2, 0.25) is 0 Å². The maximum atomic E-state index is 10.9. The lowest BCUT2D eigenvalue weighted by atomic mass is 10.0. The molecule has 0 spiro atoms. The van der Waals surface area contributed by atoms with E-state index in [9.17, 15) is 4.79 Å². The number of hydrogen-bond acceptors (Lipinski definition) is 2. The van der Waals surface area contributed by atoms with Crippen LogP contribution in [0.5, 0.6) is 5.75 Å². The third-order valence-electron chi connectivity index (χ3n) is 3.06. The third kappa shape index (κ3) is 2.59. The second-order valence-corrected chi connectivity index (χ2v) is 4.31. The molecule has 2 heteroatoms.